The van der Waals surface area contributed by atoms with Crippen molar-refractivity contribution in [1.82, 2.24) is 0 Å². The van der Waals surface area contributed by atoms with Crippen LogP contribution in [-0.2, 0) is 4.74 Å². The summed E-state index contributed by atoms with van der Waals surface area (Å²) in [5, 5.41) is 0. The first-order chi connectivity index (χ1) is 13.2. The molecule has 0 aliphatic carbocycles. The molecule has 4 rings (SSSR count). The molecule has 6 heteroatoms. The standard InChI is InChI=1S/C21H23N3O3/c1-27-20(25)16-5-4-6-19(15-16)24-14-13-23(21(24)26)18-9-7-17(8-10-18)22-11-2-3-12-22/h4-10,15H,2-3,11-14H2,1H3. The Hall–Kier alpha value is -3.02. The average molecular weight is 365 g/mol. The van der Waals surface area contributed by atoms with Crippen molar-refractivity contribution in [3.8, 4) is 0 Å². The van der Waals surface area contributed by atoms with Crippen molar-refractivity contribution in [2.24, 2.45) is 0 Å². The van der Waals surface area contributed by atoms with Gasteiger partial charge in [0.1, 0.15) is 0 Å². The van der Waals surface area contributed by atoms with E-state index in [2.05, 4.69) is 17.0 Å². The summed E-state index contributed by atoms with van der Waals surface area (Å²) in [6.45, 7) is 3.40. The number of nitrogens with zero attached hydrogens (tertiary/aromatic N) is 3. The molecule has 2 aromatic rings. The first kappa shape index (κ1) is 17.4. The molecule has 0 bridgehead atoms. The molecule has 0 unspecified atom stereocenters. The quantitative estimate of drug-likeness (QED) is 0.778. The summed E-state index contributed by atoms with van der Waals surface area (Å²) in [5.74, 6) is -0.405. The highest BCUT2D eigenvalue weighted by Gasteiger charge is 2.31. The van der Waals surface area contributed by atoms with Crippen LogP contribution in [0, 0.1) is 0 Å². The van der Waals surface area contributed by atoms with E-state index in [0.717, 1.165) is 18.8 Å². The molecule has 2 fully saturated rings. The zero-order valence-electron chi connectivity index (χ0n) is 15.4. The van der Waals surface area contributed by atoms with Crippen molar-refractivity contribution in [2.45, 2.75) is 12.8 Å². The van der Waals surface area contributed by atoms with Gasteiger partial charge >= 0.3 is 12.0 Å². The van der Waals surface area contributed by atoms with Gasteiger partial charge in [-0.15, -0.1) is 0 Å². The third-order valence-electron chi connectivity index (χ3n) is 5.22. The summed E-state index contributed by atoms with van der Waals surface area (Å²) in [4.78, 5) is 30.5. The number of benzene rings is 2. The number of hydrogen-bond donors (Lipinski definition) is 0. The number of anilines is 3. The Morgan fingerprint density at radius 3 is 2.15 bits per heavy atom. The molecule has 2 aliphatic heterocycles. The fraction of sp³-hybridized carbons (Fsp3) is 0.333. The van der Waals surface area contributed by atoms with Crippen LogP contribution in [0.2, 0.25) is 0 Å². The SMILES string of the molecule is COC(=O)c1cccc(N2CCN(c3ccc(N4CCCC4)cc3)C2=O)c1. The lowest BCUT2D eigenvalue weighted by molar-refractivity contribution is 0.0600. The summed E-state index contributed by atoms with van der Waals surface area (Å²) in [5.41, 5.74) is 3.26. The van der Waals surface area contributed by atoms with Crippen LogP contribution in [-0.4, -0.2) is 45.3 Å². The molecule has 0 saturated carbocycles. The van der Waals surface area contributed by atoms with Crippen molar-refractivity contribution in [2.75, 3.05) is 48.0 Å². The van der Waals surface area contributed by atoms with Crippen LogP contribution < -0.4 is 14.7 Å². The van der Waals surface area contributed by atoms with Gasteiger partial charge in [-0.25, -0.2) is 9.59 Å². The van der Waals surface area contributed by atoms with Crippen LogP contribution in [0.25, 0.3) is 0 Å². The predicted molar refractivity (Wildman–Crippen MR) is 106 cm³/mol. The van der Waals surface area contributed by atoms with Crippen molar-refractivity contribution in [3.63, 3.8) is 0 Å². The van der Waals surface area contributed by atoms with E-state index in [1.165, 1.54) is 25.6 Å². The minimum absolute atomic E-state index is 0.0778. The average Bonchev–Trinajstić information content (AvgIpc) is 3.38. The van der Waals surface area contributed by atoms with Gasteiger partial charge < -0.3 is 9.64 Å². The van der Waals surface area contributed by atoms with Crippen molar-refractivity contribution in [1.29, 1.82) is 0 Å². The number of esters is 1. The molecular weight excluding hydrogens is 342 g/mol. The topological polar surface area (TPSA) is 53.1 Å². The molecule has 2 heterocycles. The molecule has 2 amide bonds. The summed E-state index contributed by atoms with van der Waals surface area (Å²) < 4.78 is 4.77. The molecule has 0 N–H and O–H groups in total. The minimum atomic E-state index is -0.405. The lowest BCUT2D eigenvalue weighted by Crippen LogP contribution is -2.31. The third kappa shape index (κ3) is 3.35. The second-order valence-electron chi connectivity index (χ2n) is 6.84. The van der Waals surface area contributed by atoms with Gasteiger partial charge in [-0.3, -0.25) is 9.80 Å². The number of amides is 2. The zero-order valence-corrected chi connectivity index (χ0v) is 15.4. The molecule has 2 aliphatic rings. The van der Waals surface area contributed by atoms with Gasteiger partial charge in [0.05, 0.1) is 12.7 Å². The molecule has 27 heavy (non-hydrogen) atoms. The van der Waals surface area contributed by atoms with Crippen molar-refractivity contribution < 1.29 is 14.3 Å². The van der Waals surface area contributed by atoms with Gasteiger partial charge in [0.25, 0.3) is 0 Å². The van der Waals surface area contributed by atoms with Crippen LogP contribution in [0.15, 0.2) is 48.5 Å². The van der Waals surface area contributed by atoms with Gasteiger partial charge in [0, 0.05) is 43.2 Å². The number of rotatable bonds is 4. The number of methoxy groups -OCH3 is 1. The number of carbonyl (C=O) groups excluding carboxylic acids is 2. The zero-order chi connectivity index (χ0) is 18.8. The van der Waals surface area contributed by atoms with Crippen LogP contribution in [0.3, 0.4) is 0 Å². The van der Waals surface area contributed by atoms with E-state index in [1.54, 1.807) is 28.0 Å². The van der Waals surface area contributed by atoms with Crippen molar-refractivity contribution >= 4 is 29.1 Å². The fourth-order valence-corrected chi connectivity index (χ4v) is 3.75. The number of urea groups is 1. The van der Waals surface area contributed by atoms with E-state index in [-0.39, 0.29) is 6.03 Å². The monoisotopic (exact) mass is 365 g/mol. The maximum atomic E-state index is 12.9. The molecule has 0 radical (unpaired) electrons. The van der Waals surface area contributed by atoms with Gasteiger partial charge in [-0.1, -0.05) is 6.07 Å². The number of hydrogen-bond acceptors (Lipinski definition) is 4. The molecule has 140 valence electrons. The van der Waals surface area contributed by atoms with E-state index in [0.29, 0.717) is 24.3 Å². The van der Waals surface area contributed by atoms with E-state index < -0.39 is 5.97 Å². The molecule has 0 aromatic heterocycles. The lowest BCUT2D eigenvalue weighted by Gasteiger charge is -2.21. The Balaban J connectivity index is 1.51. The highest BCUT2D eigenvalue weighted by molar-refractivity contribution is 6.06. The molecule has 6 nitrogen and oxygen atoms in total. The minimum Gasteiger partial charge on any atom is -0.465 e. The van der Waals surface area contributed by atoms with Crippen LogP contribution in [0.1, 0.15) is 23.2 Å². The summed E-state index contributed by atoms with van der Waals surface area (Å²) in [7, 11) is 1.35. The second-order valence-corrected chi connectivity index (χ2v) is 6.84. The largest absolute Gasteiger partial charge is 0.465 e. The van der Waals surface area contributed by atoms with E-state index in [1.807, 2.05) is 18.2 Å². The van der Waals surface area contributed by atoms with Crippen LogP contribution in [0.5, 0.6) is 0 Å². The number of ether oxygens (including phenoxy) is 1. The predicted octanol–water partition coefficient (Wildman–Crippen LogP) is 3.52. The first-order valence-corrected chi connectivity index (χ1v) is 9.30. The van der Waals surface area contributed by atoms with Crippen molar-refractivity contribution in [3.05, 3.63) is 54.1 Å². The Morgan fingerprint density at radius 2 is 1.48 bits per heavy atom. The molecule has 2 aromatic carbocycles. The van der Waals surface area contributed by atoms with Gasteiger partial charge in [-0.05, 0) is 55.3 Å². The Labute approximate surface area is 158 Å². The van der Waals surface area contributed by atoms with E-state index in [4.69, 9.17) is 4.74 Å². The normalized spacial score (nSPS) is 16.9. The maximum Gasteiger partial charge on any atom is 0.337 e. The third-order valence-corrected chi connectivity index (χ3v) is 5.22. The molecular formula is C21H23N3O3. The fourth-order valence-electron chi connectivity index (χ4n) is 3.75. The lowest BCUT2D eigenvalue weighted by atomic mass is 10.2. The number of carbonyl (C=O) groups is 2. The smallest absolute Gasteiger partial charge is 0.337 e. The summed E-state index contributed by atoms with van der Waals surface area (Å²) in [6.07, 6.45) is 2.48. The highest BCUT2D eigenvalue weighted by atomic mass is 16.5. The molecule has 2 saturated heterocycles. The van der Waals surface area contributed by atoms with Crippen LogP contribution in [0.4, 0.5) is 21.9 Å². The maximum absolute atomic E-state index is 12.9. The summed E-state index contributed by atoms with van der Waals surface area (Å²) in [6, 6.07) is 15.1. The van der Waals surface area contributed by atoms with E-state index in [9.17, 15) is 9.59 Å². The summed E-state index contributed by atoms with van der Waals surface area (Å²) >= 11 is 0. The van der Waals surface area contributed by atoms with Gasteiger partial charge in [-0.2, -0.15) is 0 Å². The van der Waals surface area contributed by atoms with E-state index >= 15 is 0 Å². The highest BCUT2D eigenvalue weighted by Crippen LogP contribution is 2.28. The Morgan fingerprint density at radius 1 is 0.852 bits per heavy atom. The van der Waals surface area contributed by atoms with Gasteiger partial charge in [0.2, 0.25) is 0 Å². The Kier molecular flexibility index (Phi) is 4.71. The van der Waals surface area contributed by atoms with Crippen LogP contribution >= 0.6 is 0 Å². The molecule has 0 atom stereocenters. The second kappa shape index (κ2) is 7.31. The first-order valence-electron chi connectivity index (χ1n) is 9.30. The molecule has 0 spiro atoms. The van der Waals surface area contributed by atoms with Gasteiger partial charge in [0.15, 0.2) is 0 Å². The Bertz CT molecular complexity index is 844.